The summed E-state index contributed by atoms with van der Waals surface area (Å²) >= 11 is 0. The second kappa shape index (κ2) is 7.40. The van der Waals surface area contributed by atoms with Crippen LogP contribution in [0.15, 0.2) is 53.7 Å². The second-order valence-corrected chi connectivity index (χ2v) is 4.08. The molecule has 0 bridgehead atoms. The maximum atomic E-state index is 10.6. The fourth-order valence-electron chi connectivity index (χ4n) is 1.59. The van der Waals surface area contributed by atoms with Gasteiger partial charge in [-0.2, -0.15) is 5.26 Å². The molecular formula is C15H12N4O3. The van der Waals surface area contributed by atoms with E-state index < -0.39 is 6.09 Å². The lowest BCUT2D eigenvalue weighted by Crippen LogP contribution is -2.17. The molecule has 1 amide bonds. The number of rotatable bonds is 5. The lowest BCUT2D eigenvalue weighted by atomic mass is 10.1. The number of carbonyl (C=O) groups excluding carboxylic acids is 1. The van der Waals surface area contributed by atoms with E-state index in [9.17, 15) is 4.79 Å². The number of hydrogen-bond acceptors (Lipinski definition) is 6. The number of ether oxygens (including phenoxy) is 1. The third-order valence-electron chi connectivity index (χ3n) is 2.51. The van der Waals surface area contributed by atoms with Crippen LogP contribution in [0.4, 0.5) is 4.79 Å². The van der Waals surface area contributed by atoms with Crippen molar-refractivity contribution in [1.82, 2.24) is 4.98 Å². The smallest absolute Gasteiger partial charge is 0.391 e. The molecule has 0 saturated carbocycles. The van der Waals surface area contributed by atoms with Crippen molar-refractivity contribution < 1.29 is 14.4 Å². The number of benzene rings is 1. The molecule has 0 aliphatic heterocycles. The van der Waals surface area contributed by atoms with Crippen LogP contribution in [0.25, 0.3) is 0 Å². The Hall–Kier alpha value is -3.40. The lowest BCUT2D eigenvalue weighted by Gasteiger charge is -2.03. The van der Waals surface area contributed by atoms with Crippen molar-refractivity contribution in [3.63, 3.8) is 0 Å². The van der Waals surface area contributed by atoms with Crippen LogP contribution in [0.3, 0.4) is 0 Å². The first-order valence-corrected chi connectivity index (χ1v) is 6.27. The molecule has 1 aromatic carbocycles. The highest BCUT2D eigenvalue weighted by atomic mass is 16.6. The minimum absolute atomic E-state index is 0.0218. The number of nitriles is 1. The minimum Gasteiger partial charge on any atom is -0.391 e. The lowest BCUT2D eigenvalue weighted by molar-refractivity contribution is 0.128. The molecule has 0 aliphatic carbocycles. The summed E-state index contributed by atoms with van der Waals surface area (Å²) in [5.41, 5.74) is 6.20. The van der Waals surface area contributed by atoms with E-state index in [2.05, 4.69) is 14.9 Å². The van der Waals surface area contributed by atoms with Gasteiger partial charge in [0.15, 0.2) is 12.3 Å². The van der Waals surface area contributed by atoms with Crippen LogP contribution in [0.5, 0.6) is 5.88 Å². The molecule has 2 aromatic rings. The van der Waals surface area contributed by atoms with E-state index in [4.69, 9.17) is 15.8 Å². The van der Waals surface area contributed by atoms with Crippen molar-refractivity contribution in [1.29, 1.82) is 5.26 Å². The second-order valence-electron chi connectivity index (χ2n) is 4.08. The zero-order valence-electron chi connectivity index (χ0n) is 11.5. The van der Waals surface area contributed by atoms with Gasteiger partial charge in [0.05, 0.1) is 5.69 Å². The molecule has 0 unspecified atom stereocenters. The van der Waals surface area contributed by atoms with Gasteiger partial charge in [-0.3, -0.25) is 0 Å². The van der Waals surface area contributed by atoms with Crippen molar-refractivity contribution in [3.8, 4) is 11.9 Å². The Labute approximate surface area is 126 Å². The summed E-state index contributed by atoms with van der Waals surface area (Å²) in [5, 5.41) is 12.9. The monoisotopic (exact) mass is 296 g/mol. The molecule has 7 nitrogen and oxygen atoms in total. The first-order valence-electron chi connectivity index (χ1n) is 6.27. The predicted octanol–water partition coefficient (Wildman–Crippen LogP) is 1.98. The number of primary amides is 1. The van der Waals surface area contributed by atoms with Crippen molar-refractivity contribution in [3.05, 3.63) is 59.8 Å². The Kier molecular flexibility index (Phi) is 5.04. The molecule has 7 heteroatoms. The normalized spacial score (nSPS) is 10.6. The van der Waals surface area contributed by atoms with Crippen LogP contribution in [0, 0.1) is 11.3 Å². The highest BCUT2D eigenvalue weighted by Gasteiger charge is 2.04. The van der Waals surface area contributed by atoms with Gasteiger partial charge < -0.3 is 15.3 Å². The molecule has 1 aromatic heterocycles. The first kappa shape index (κ1) is 15.0. The molecule has 2 rings (SSSR count). The number of oxime groups is 1. The largest absolute Gasteiger partial charge is 0.411 e. The Bertz CT molecular complexity index is 723. The van der Waals surface area contributed by atoms with E-state index >= 15 is 0 Å². The van der Waals surface area contributed by atoms with Crippen LogP contribution >= 0.6 is 0 Å². The van der Waals surface area contributed by atoms with Crippen molar-refractivity contribution in [2.24, 2.45) is 10.9 Å². The summed E-state index contributed by atoms with van der Waals surface area (Å²) in [5.74, 6) is 0.0705. The highest BCUT2D eigenvalue weighted by Crippen LogP contribution is 2.09. The van der Waals surface area contributed by atoms with E-state index in [-0.39, 0.29) is 18.2 Å². The van der Waals surface area contributed by atoms with Crippen LogP contribution in [-0.2, 0) is 11.4 Å². The Morgan fingerprint density at radius 3 is 2.68 bits per heavy atom. The van der Waals surface area contributed by atoms with E-state index in [1.54, 1.807) is 36.4 Å². The van der Waals surface area contributed by atoms with Gasteiger partial charge in [0.1, 0.15) is 6.07 Å². The highest BCUT2D eigenvalue weighted by molar-refractivity contribution is 6.11. The SMILES string of the molecule is N#C/C(=N\OCc1cccc(OC(N)=O)n1)c1ccccc1. The topological polar surface area (TPSA) is 111 Å². The fraction of sp³-hybridized carbons (Fsp3) is 0.0667. The van der Waals surface area contributed by atoms with Gasteiger partial charge in [-0.25, -0.2) is 9.78 Å². The molecule has 110 valence electrons. The van der Waals surface area contributed by atoms with Crippen LogP contribution in [-0.4, -0.2) is 16.8 Å². The summed E-state index contributed by atoms with van der Waals surface area (Å²) in [4.78, 5) is 19.8. The molecule has 0 spiro atoms. The number of aromatic nitrogens is 1. The molecule has 22 heavy (non-hydrogen) atoms. The van der Waals surface area contributed by atoms with E-state index in [1.165, 1.54) is 6.07 Å². The van der Waals surface area contributed by atoms with Gasteiger partial charge in [0.2, 0.25) is 5.88 Å². The third kappa shape index (κ3) is 4.31. The minimum atomic E-state index is -0.945. The van der Waals surface area contributed by atoms with Crippen LogP contribution in [0.1, 0.15) is 11.3 Å². The predicted molar refractivity (Wildman–Crippen MR) is 77.8 cm³/mol. The van der Waals surface area contributed by atoms with Gasteiger partial charge in [0.25, 0.3) is 0 Å². The number of carbonyl (C=O) groups is 1. The Morgan fingerprint density at radius 2 is 2.00 bits per heavy atom. The molecule has 0 aliphatic rings. The quantitative estimate of drug-likeness (QED) is 0.670. The Balaban J connectivity index is 2.02. The molecule has 0 fully saturated rings. The van der Waals surface area contributed by atoms with E-state index in [0.29, 0.717) is 11.3 Å². The number of nitrogens with zero attached hydrogens (tertiary/aromatic N) is 3. The number of amides is 1. The number of pyridine rings is 1. The summed E-state index contributed by atoms with van der Waals surface area (Å²) in [7, 11) is 0. The summed E-state index contributed by atoms with van der Waals surface area (Å²) in [6.07, 6.45) is -0.945. The molecule has 0 saturated heterocycles. The van der Waals surface area contributed by atoms with Gasteiger partial charge in [-0.05, 0) is 6.07 Å². The fourth-order valence-corrected chi connectivity index (χ4v) is 1.59. The van der Waals surface area contributed by atoms with Gasteiger partial charge in [0, 0.05) is 11.6 Å². The van der Waals surface area contributed by atoms with Crippen LogP contribution < -0.4 is 10.5 Å². The maximum Gasteiger partial charge on any atom is 0.411 e. The molecule has 0 atom stereocenters. The third-order valence-corrected chi connectivity index (χ3v) is 2.51. The average Bonchev–Trinajstić information content (AvgIpc) is 2.52. The molecular weight excluding hydrogens is 284 g/mol. The molecule has 0 radical (unpaired) electrons. The van der Waals surface area contributed by atoms with Gasteiger partial charge in [-0.15, -0.1) is 0 Å². The Morgan fingerprint density at radius 1 is 1.23 bits per heavy atom. The molecule has 1 heterocycles. The summed E-state index contributed by atoms with van der Waals surface area (Å²) < 4.78 is 4.66. The average molecular weight is 296 g/mol. The van der Waals surface area contributed by atoms with Gasteiger partial charge >= 0.3 is 6.09 Å². The number of hydrogen-bond donors (Lipinski definition) is 1. The zero-order valence-corrected chi connectivity index (χ0v) is 11.5. The molecule has 2 N–H and O–H groups in total. The maximum absolute atomic E-state index is 10.6. The first-order chi connectivity index (χ1) is 10.7. The van der Waals surface area contributed by atoms with Crippen molar-refractivity contribution in [2.45, 2.75) is 6.61 Å². The van der Waals surface area contributed by atoms with Crippen molar-refractivity contribution >= 4 is 11.8 Å². The van der Waals surface area contributed by atoms with E-state index in [0.717, 1.165) is 0 Å². The number of nitrogens with two attached hydrogens (primary N) is 1. The van der Waals surface area contributed by atoms with Crippen LogP contribution in [0.2, 0.25) is 0 Å². The van der Waals surface area contributed by atoms with E-state index in [1.807, 2.05) is 12.1 Å². The standard InChI is InChI=1S/C15H12N4O3/c16-9-13(11-5-2-1-3-6-11)19-21-10-12-7-4-8-14(18-12)22-15(17)20/h1-8H,10H2,(H2,17,20)/b19-13+. The summed E-state index contributed by atoms with van der Waals surface area (Å²) in [6.45, 7) is 0.0218. The van der Waals surface area contributed by atoms with Crippen molar-refractivity contribution in [2.75, 3.05) is 0 Å². The zero-order chi connectivity index (χ0) is 15.8. The van der Waals surface area contributed by atoms with Gasteiger partial charge in [-0.1, -0.05) is 41.6 Å². The summed E-state index contributed by atoms with van der Waals surface area (Å²) in [6, 6.07) is 15.7.